The van der Waals surface area contributed by atoms with E-state index in [2.05, 4.69) is 83.5 Å². The first kappa shape index (κ1) is 14.3. The Labute approximate surface area is 123 Å². The summed E-state index contributed by atoms with van der Waals surface area (Å²) in [6, 6.07) is 6.44. The maximum Gasteiger partial charge on any atom is 0.164 e. The fourth-order valence-electron chi connectivity index (χ4n) is 2.18. The third-order valence-corrected chi connectivity index (χ3v) is 3.79. The van der Waals surface area contributed by atoms with Gasteiger partial charge in [0.05, 0.1) is 5.33 Å². The van der Waals surface area contributed by atoms with Crippen LogP contribution in [0.5, 0.6) is 0 Å². The minimum atomic E-state index is -0.0409. The number of halogens is 1. The topological polar surface area (TPSA) is 30.7 Å². The third kappa shape index (κ3) is 2.73. The molecule has 1 heterocycles. The molecule has 0 aliphatic rings. The molecule has 0 fully saturated rings. The number of hydrogen-bond acceptors (Lipinski definition) is 2. The minimum absolute atomic E-state index is 0.0409. The van der Waals surface area contributed by atoms with Crippen molar-refractivity contribution in [3.05, 3.63) is 35.2 Å². The molecule has 0 saturated heterocycles. The number of aromatic nitrogens is 3. The number of rotatable bonds is 2. The Bertz CT molecular complexity index is 594. The minimum Gasteiger partial charge on any atom is -0.305 e. The monoisotopic (exact) mass is 321 g/mol. The lowest BCUT2D eigenvalue weighted by Gasteiger charge is -2.24. The molecule has 19 heavy (non-hydrogen) atoms. The lowest BCUT2D eigenvalue weighted by Crippen LogP contribution is -2.24. The van der Waals surface area contributed by atoms with E-state index in [1.54, 1.807) is 0 Å². The van der Waals surface area contributed by atoms with Gasteiger partial charge in [-0.15, -0.1) is 10.2 Å². The molecule has 0 saturated carbocycles. The Kier molecular flexibility index (Phi) is 3.81. The fourth-order valence-corrected chi connectivity index (χ4v) is 2.54. The zero-order valence-corrected chi connectivity index (χ0v) is 13.7. The molecule has 0 aliphatic heterocycles. The van der Waals surface area contributed by atoms with Gasteiger partial charge in [-0.05, 0) is 51.8 Å². The molecule has 2 aromatic rings. The maximum atomic E-state index is 4.38. The van der Waals surface area contributed by atoms with E-state index in [1.165, 1.54) is 11.1 Å². The van der Waals surface area contributed by atoms with Crippen molar-refractivity contribution >= 4 is 15.9 Å². The molecule has 4 heteroatoms. The predicted molar refractivity (Wildman–Crippen MR) is 82.6 cm³/mol. The maximum absolute atomic E-state index is 4.38. The van der Waals surface area contributed by atoms with Crippen LogP contribution in [-0.2, 0) is 10.9 Å². The summed E-state index contributed by atoms with van der Waals surface area (Å²) in [5.74, 6) is 1.89. The molecule has 2 rings (SSSR count). The van der Waals surface area contributed by atoms with Gasteiger partial charge >= 0.3 is 0 Å². The molecule has 0 unspecified atom stereocenters. The van der Waals surface area contributed by atoms with E-state index in [4.69, 9.17) is 0 Å². The Hall–Kier alpha value is -1.16. The molecule has 3 nitrogen and oxygen atoms in total. The van der Waals surface area contributed by atoms with Gasteiger partial charge in [-0.3, -0.25) is 0 Å². The van der Waals surface area contributed by atoms with Crippen molar-refractivity contribution in [1.29, 1.82) is 0 Å². The number of nitrogens with zero attached hydrogens (tertiary/aromatic N) is 3. The van der Waals surface area contributed by atoms with Crippen molar-refractivity contribution in [3.8, 4) is 11.4 Å². The Morgan fingerprint density at radius 1 is 1.11 bits per heavy atom. The first-order valence-corrected chi connectivity index (χ1v) is 7.55. The molecule has 0 bridgehead atoms. The van der Waals surface area contributed by atoms with Crippen LogP contribution in [0.2, 0.25) is 0 Å². The molecule has 1 aromatic heterocycles. The second kappa shape index (κ2) is 5.08. The third-order valence-electron chi connectivity index (χ3n) is 3.29. The van der Waals surface area contributed by atoms with Crippen LogP contribution in [-0.4, -0.2) is 14.8 Å². The van der Waals surface area contributed by atoms with Gasteiger partial charge < -0.3 is 4.57 Å². The van der Waals surface area contributed by atoms with Crippen LogP contribution in [0.25, 0.3) is 11.4 Å². The van der Waals surface area contributed by atoms with Crippen molar-refractivity contribution in [2.75, 3.05) is 0 Å². The molecule has 0 aliphatic carbocycles. The number of alkyl halides is 1. The van der Waals surface area contributed by atoms with Crippen LogP contribution >= 0.6 is 15.9 Å². The quantitative estimate of drug-likeness (QED) is 0.775. The summed E-state index contributed by atoms with van der Waals surface area (Å²) in [6.07, 6.45) is 0. The molecule has 1 aromatic carbocycles. The average Bonchev–Trinajstić information content (AvgIpc) is 2.76. The van der Waals surface area contributed by atoms with Crippen LogP contribution < -0.4 is 0 Å². The smallest absolute Gasteiger partial charge is 0.164 e. The molecule has 0 radical (unpaired) electrons. The fraction of sp³-hybridized carbons (Fsp3) is 0.467. The SMILES string of the molecule is Cc1ccc(-c2nnc(CBr)n2C(C)(C)C)cc1C. The highest BCUT2D eigenvalue weighted by atomic mass is 79.9. The highest BCUT2D eigenvalue weighted by Crippen LogP contribution is 2.28. The lowest BCUT2D eigenvalue weighted by atomic mass is 10.0. The predicted octanol–water partition coefficient (Wildman–Crippen LogP) is 4.21. The van der Waals surface area contributed by atoms with Crippen LogP contribution in [0.15, 0.2) is 18.2 Å². The highest BCUT2D eigenvalue weighted by molar-refractivity contribution is 9.08. The van der Waals surface area contributed by atoms with Crippen LogP contribution in [0.4, 0.5) is 0 Å². The van der Waals surface area contributed by atoms with Gasteiger partial charge in [0.1, 0.15) is 5.82 Å². The molecular weight excluding hydrogens is 302 g/mol. The standard InChI is InChI=1S/C15H20BrN3/c1-10-6-7-12(8-11(10)2)14-18-17-13(9-16)19(14)15(3,4)5/h6-8H,9H2,1-5H3. The van der Waals surface area contributed by atoms with Gasteiger partial charge in [0, 0.05) is 11.1 Å². The summed E-state index contributed by atoms with van der Waals surface area (Å²) in [5, 5.41) is 9.38. The number of aryl methyl sites for hydroxylation is 2. The van der Waals surface area contributed by atoms with E-state index >= 15 is 0 Å². The summed E-state index contributed by atoms with van der Waals surface area (Å²) in [7, 11) is 0. The van der Waals surface area contributed by atoms with Crippen LogP contribution in [0, 0.1) is 13.8 Å². The highest BCUT2D eigenvalue weighted by Gasteiger charge is 2.23. The lowest BCUT2D eigenvalue weighted by molar-refractivity contribution is 0.391. The molecule has 0 atom stereocenters. The second-order valence-electron chi connectivity index (χ2n) is 5.88. The van der Waals surface area contributed by atoms with E-state index in [0.29, 0.717) is 5.33 Å². The summed E-state index contributed by atoms with van der Waals surface area (Å²) in [6.45, 7) is 10.8. The van der Waals surface area contributed by atoms with E-state index in [-0.39, 0.29) is 5.54 Å². The average molecular weight is 322 g/mol. The summed E-state index contributed by atoms with van der Waals surface area (Å²) in [4.78, 5) is 0. The molecule has 102 valence electrons. The molecular formula is C15H20BrN3. The first-order chi connectivity index (χ1) is 8.84. The van der Waals surface area contributed by atoms with Gasteiger partial charge in [0.25, 0.3) is 0 Å². The van der Waals surface area contributed by atoms with Crippen molar-refractivity contribution in [1.82, 2.24) is 14.8 Å². The summed E-state index contributed by atoms with van der Waals surface area (Å²) >= 11 is 3.49. The van der Waals surface area contributed by atoms with Crippen LogP contribution in [0.1, 0.15) is 37.7 Å². The first-order valence-electron chi connectivity index (χ1n) is 6.43. The van der Waals surface area contributed by atoms with Crippen LogP contribution in [0.3, 0.4) is 0 Å². The van der Waals surface area contributed by atoms with Gasteiger partial charge in [-0.2, -0.15) is 0 Å². The van der Waals surface area contributed by atoms with Gasteiger partial charge in [0.15, 0.2) is 5.82 Å². The Morgan fingerprint density at radius 3 is 2.32 bits per heavy atom. The Balaban J connectivity index is 2.62. The van der Waals surface area contributed by atoms with E-state index in [0.717, 1.165) is 17.2 Å². The summed E-state index contributed by atoms with van der Waals surface area (Å²) < 4.78 is 2.20. The molecule has 0 spiro atoms. The van der Waals surface area contributed by atoms with Crippen molar-refractivity contribution in [3.63, 3.8) is 0 Å². The van der Waals surface area contributed by atoms with Crippen molar-refractivity contribution in [2.24, 2.45) is 0 Å². The molecule has 0 amide bonds. The van der Waals surface area contributed by atoms with E-state index in [9.17, 15) is 0 Å². The zero-order chi connectivity index (χ0) is 14.2. The van der Waals surface area contributed by atoms with Crippen molar-refractivity contribution in [2.45, 2.75) is 45.5 Å². The van der Waals surface area contributed by atoms with Gasteiger partial charge in [-0.1, -0.05) is 28.1 Å². The Morgan fingerprint density at radius 2 is 1.79 bits per heavy atom. The van der Waals surface area contributed by atoms with E-state index in [1.807, 2.05) is 0 Å². The normalized spacial score (nSPS) is 11.9. The largest absolute Gasteiger partial charge is 0.305 e. The van der Waals surface area contributed by atoms with Crippen molar-refractivity contribution < 1.29 is 0 Å². The second-order valence-corrected chi connectivity index (χ2v) is 6.44. The number of hydrogen-bond donors (Lipinski definition) is 0. The van der Waals surface area contributed by atoms with Gasteiger partial charge in [0.2, 0.25) is 0 Å². The number of benzene rings is 1. The zero-order valence-electron chi connectivity index (χ0n) is 12.2. The van der Waals surface area contributed by atoms with E-state index < -0.39 is 0 Å². The van der Waals surface area contributed by atoms with Gasteiger partial charge in [-0.25, -0.2) is 0 Å². The molecule has 0 N–H and O–H groups in total. The summed E-state index contributed by atoms with van der Waals surface area (Å²) in [5.41, 5.74) is 3.66.